The molecule has 3 aromatic carbocycles. The molecule has 8 nitrogen and oxygen atoms in total. The maximum absolute atomic E-state index is 13.9. The van der Waals surface area contributed by atoms with E-state index in [2.05, 4.69) is 5.32 Å². The van der Waals surface area contributed by atoms with E-state index in [9.17, 15) is 22.4 Å². The molecule has 228 valence electrons. The summed E-state index contributed by atoms with van der Waals surface area (Å²) in [5.41, 5.74) is 2.17. The van der Waals surface area contributed by atoms with E-state index < -0.39 is 16.1 Å². The van der Waals surface area contributed by atoms with Gasteiger partial charge < -0.3 is 15.0 Å². The number of amides is 2. The number of carbonyl (C=O) groups excluding carboxylic acids is 2. The monoisotopic (exact) mass is 607 g/mol. The Bertz CT molecular complexity index is 1470. The summed E-state index contributed by atoms with van der Waals surface area (Å²) in [7, 11) is -3.52. The number of aryl methyl sites for hydroxylation is 1. The smallest absolute Gasteiger partial charge is 0.247 e. The maximum atomic E-state index is 13.9. The Kier molecular flexibility index (Phi) is 10.2. The molecule has 10 heteroatoms. The molecule has 5 rings (SSSR count). The molecule has 0 saturated carbocycles. The van der Waals surface area contributed by atoms with Gasteiger partial charge in [-0.1, -0.05) is 54.6 Å². The van der Waals surface area contributed by atoms with E-state index >= 15 is 0 Å². The van der Waals surface area contributed by atoms with Crippen molar-refractivity contribution >= 4 is 21.8 Å². The normalized spacial score (nSPS) is 17.9. The molecule has 2 heterocycles. The fraction of sp³-hybridized carbons (Fsp3) is 0.394. The van der Waals surface area contributed by atoms with Gasteiger partial charge in [0.25, 0.3) is 0 Å². The molecule has 2 fully saturated rings. The van der Waals surface area contributed by atoms with Crippen molar-refractivity contribution in [1.29, 1.82) is 0 Å². The Morgan fingerprint density at radius 2 is 1.60 bits per heavy atom. The van der Waals surface area contributed by atoms with Crippen LogP contribution in [0.15, 0.2) is 83.8 Å². The molecule has 2 saturated heterocycles. The van der Waals surface area contributed by atoms with Crippen molar-refractivity contribution in [3.63, 3.8) is 0 Å². The fourth-order valence-electron chi connectivity index (χ4n) is 5.64. The first kappa shape index (κ1) is 30.8. The van der Waals surface area contributed by atoms with Crippen molar-refractivity contribution in [3.05, 3.63) is 101 Å². The van der Waals surface area contributed by atoms with E-state index in [1.54, 1.807) is 41.3 Å². The predicted molar refractivity (Wildman–Crippen MR) is 161 cm³/mol. The lowest BCUT2D eigenvalue weighted by Crippen LogP contribution is -2.45. The molecule has 0 aliphatic carbocycles. The third-order valence-electron chi connectivity index (χ3n) is 8.04. The minimum absolute atomic E-state index is 0.0566. The van der Waals surface area contributed by atoms with Crippen molar-refractivity contribution in [1.82, 2.24) is 14.5 Å². The zero-order valence-electron chi connectivity index (χ0n) is 24.2. The van der Waals surface area contributed by atoms with Gasteiger partial charge in [0.15, 0.2) is 0 Å². The van der Waals surface area contributed by atoms with Crippen LogP contribution in [0.2, 0.25) is 0 Å². The summed E-state index contributed by atoms with van der Waals surface area (Å²) < 4.78 is 46.7. The van der Waals surface area contributed by atoms with Gasteiger partial charge >= 0.3 is 0 Å². The third kappa shape index (κ3) is 7.87. The maximum Gasteiger partial charge on any atom is 0.247 e. The molecule has 0 spiro atoms. The largest absolute Gasteiger partial charge is 0.376 e. The average Bonchev–Trinajstić information content (AvgIpc) is 3.76. The Labute approximate surface area is 252 Å². The SMILES string of the molecule is O=C(NC[C@@H]1CCCO1)[C@@H](c1ccccc1)N(Cc1ccc(F)cc1)C(=O)CCc1ccc(S(=O)(=O)N2CCCC2)cc1. The molecule has 0 radical (unpaired) electrons. The van der Waals surface area contributed by atoms with Crippen LogP contribution in [0.25, 0.3) is 0 Å². The van der Waals surface area contributed by atoms with Gasteiger partial charge in [-0.15, -0.1) is 0 Å². The van der Waals surface area contributed by atoms with Crippen LogP contribution in [0, 0.1) is 5.82 Å². The number of carbonyl (C=O) groups is 2. The van der Waals surface area contributed by atoms with E-state index in [4.69, 9.17) is 4.74 Å². The van der Waals surface area contributed by atoms with E-state index in [-0.39, 0.29) is 41.6 Å². The van der Waals surface area contributed by atoms with E-state index in [0.717, 1.165) is 31.2 Å². The molecule has 2 aliphatic rings. The van der Waals surface area contributed by atoms with Gasteiger partial charge in [-0.2, -0.15) is 4.31 Å². The van der Waals surface area contributed by atoms with Crippen LogP contribution in [0.3, 0.4) is 0 Å². The summed E-state index contributed by atoms with van der Waals surface area (Å²) >= 11 is 0. The van der Waals surface area contributed by atoms with E-state index in [0.29, 0.717) is 43.8 Å². The van der Waals surface area contributed by atoms with Gasteiger partial charge in [-0.25, -0.2) is 12.8 Å². The minimum Gasteiger partial charge on any atom is -0.376 e. The Morgan fingerprint density at radius 1 is 0.930 bits per heavy atom. The first-order valence-electron chi connectivity index (χ1n) is 14.9. The first-order chi connectivity index (χ1) is 20.8. The van der Waals surface area contributed by atoms with Crippen molar-refractivity contribution in [3.8, 4) is 0 Å². The molecule has 0 unspecified atom stereocenters. The van der Waals surface area contributed by atoms with Gasteiger partial charge in [0.1, 0.15) is 11.9 Å². The number of halogens is 1. The van der Waals surface area contributed by atoms with Gasteiger partial charge in [0.2, 0.25) is 21.8 Å². The number of hydrogen-bond acceptors (Lipinski definition) is 5. The summed E-state index contributed by atoms with van der Waals surface area (Å²) in [4.78, 5) is 29.4. The van der Waals surface area contributed by atoms with Crippen LogP contribution in [-0.2, 0) is 37.3 Å². The lowest BCUT2D eigenvalue weighted by atomic mass is 10.0. The summed E-state index contributed by atoms with van der Waals surface area (Å²) in [6, 6.07) is 20.8. The summed E-state index contributed by atoms with van der Waals surface area (Å²) in [5.74, 6) is -0.946. The highest BCUT2D eigenvalue weighted by molar-refractivity contribution is 7.89. The number of hydrogen-bond donors (Lipinski definition) is 1. The minimum atomic E-state index is -3.52. The van der Waals surface area contributed by atoms with Crippen LogP contribution in [0.1, 0.15) is 54.8 Å². The van der Waals surface area contributed by atoms with Crippen LogP contribution >= 0.6 is 0 Å². The average molecular weight is 608 g/mol. The molecule has 1 N–H and O–H groups in total. The molecular formula is C33H38FN3O5S. The summed E-state index contributed by atoms with van der Waals surface area (Å²) in [6.45, 7) is 2.20. The van der Waals surface area contributed by atoms with E-state index in [1.165, 1.54) is 16.4 Å². The zero-order valence-corrected chi connectivity index (χ0v) is 25.0. The molecule has 3 aromatic rings. The molecule has 2 aliphatic heterocycles. The Hall–Kier alpha value is -3.60. The first-order valence-corrected chi connectivity index (χ1v) is 16.3. The van der Waals surface area contributed by atoms with E-state index in [1.807, 2.05) is 30.3 Å². The molecule has 43 heavy (non-hydrogen) atoms. The lowest BCUT2D eigenvalue weighted by molar-refractivity contribution is -0.141. The van der Waals surface area contributed by atoms with Gasteiger partial charge in [0, 0.05) is 39.2 Å². The zero-order chi connectivity index (χ0) is 30.2. The van der Waals surface area contributed by atoms with Gasteiger partial charge in [-0.05, 0) is 73.1 Å². The van der Waals surface area contributed by atoms with Gasteiger partial charge in [0.05, 0.1) is 11.0 Å². The molecule has 2 atom stereocenters. The second-order valence-electron chi connectivity index (χ2n) is 11.1. The summed E-state index contributed by atoms with van der Waals surface area (Å²) in [5, 5.41) is 2.99. The highest BCUT2D eigenvalue weighted by atomic mass is 32.2. The number of nitrogens with one attached hydrogen (secondary N) is 1. The predicted octanol–water partition coefficient (Wildman–Crippen LogP) is 4.61. The fourth-order valence-corrected chi connectivity index (χ4v) is 7.15. The van der Waals surface area contributed by atoms with Crippen LogP contribution in [0.5, 0.6) is 0 Å². The second-order valence-corrected chi connectivity index (χ2v) is 13.0. The highest BCUT2D eigenvalue weighted by Gasteiger charge is 2.32. The molecular weight excluding hydrogens is 569 g/mol. The lowest BCUT2D eigenvalue weighted by Gasteiger charge is -2.32. The number of ether oxygens (including phenoxy) is 1. The molecule has 0 bridgehead atoms. The van der Waals surface area contributed by atoms with Crippen molar-refractivity contribution in [2.45, 2.75) is 62.1 Å². The van der Waals surface area contributed by atoms with Crippen LogP contribution in [-0.4, -0.2) is 61.8 Å². The number of sulfonamides is 1. The highest BCUT2D eigenvalue weighted by Crippen LogP contribution is 2.26. The second kappa shape index (κ2) is 14.2. The Balaban J connectivity index is 1.35. The van der Waals surface area contributed by atoms with Gasteiger partial charge in [-0.3, -0.25) is 9.59 Å². The van der Waals surface area contributed by atoms with Crippen molar-refractivity contribution in [2.24, 2.45) is 0 Å². The van der Waals surface area contributed by atoms with Crippen molar-refractivity contribution < 1.29 is 27.1 Å². The third-order valence-corrected chi connectivity index (χ3v) is 9.96. The quantitative estimate of drug-likeness (QED) is 0.325. The number of rotatable bonds is 12. The standard InChI is InChI=1S/C33H38FN3O5S/c34-28-15-10-26(11-16-28)24-37(32(27-7-2-1-3-8-27)33(39)35-23-29-9-6-22-42-29)31(38)19-14-25-12-17-30(18-13-25)43(40,41)36-20-4-5-21-36/h1-3,7-8,10-13,15-18,29,32H,4-6,9,14,19-24H2,(H,35,39)/t29-,32+/m0/s1. The molecule has 2 amide bonds. The number of nitrogens with zero attached hydrogens (tertiary/aromatic N) is 2. The summed E-state index contributed by atoms with van der Waals surface area (Å²) in [6.07, 6.45) is 3.95. The van der Waals surface area contributed by atoms with Crippen LogP contribution < -0.4 is 5.32 Å². The Morgan fingerprint density at radius 3 is 2.26 bits per heavy atom. The van der Waals surface area contributed by atoms with Crippen LogP contribution in [0.4, 0.5) is 4.39 Å². The number of benzene rings is 3. The topological polar surface area (TPSA) is 96.0 Å². The molecule has 0 aromatic heterocycles. The van der Waals surface area contributed by atoms with Crippen molar-refractivity contribution in [2.75, 3.05) is 26.2 Å².